The van der Waals surface area contributed by atoms with Gasteiger partial charge in [0, 0.05) is 6.08 Å². The largest absolute Gasteiger partial charge is 0.508 e. The van der Waals surface area contributed by atoms with E-state index in [9.17, 15) is 4.79 Å². The molecular formula is C12H11NO4. The quantitative estimate of drug-likeness (QED) is 0.824. The summed E-state index contributed by atoms with van der Waals surface area (Å²) in [6.07, 6.45) is 3.35. The van der Waals surface area contributed by atoms with Crippen molar-refractivity contribution in [2.24, 2.45) is 4.99 Å². The molecule has 1 heterocycles. The summed E-state index contributed by atoms with van der Waals surface area (Å²) >= 11 is 0. The Hall–Kier alpha value is -2.30. The van der Waals surface area contributed by atoms with Gasteiger partial charge < -0.3 is 14.9 Å². The van der Waals surface area contributed by atoms with Gasteiger partial charge in [0.05, 0.1) is 0 Å². The number of aliphatic imine (C=N–C) groups is 1. The van der Waals surface area contributed by atoms with Crippen molar-refractivity contribution in [2.45, 2.75) is 6.04 Å². The fourth-order valence-electron chi connectivity index (χ4n) is 1.36. The average molecular weight is 233 g/mol. The Bertz CT molecular complexity index is 476. The molecule has 5 heteroatoms. The number of nitrogens with zero attached hydrogens (tertiary/aromatic N) is 1. The first-order valence-electron chi connectivity index (χ1n) is 5.05. The molecule has 5 nitrogen and oxygen atoms in total. The minimum absolute atomic E-state index is 0.0740. The Kier molecular flexibility index (Phi) is 3.09. The molecule has 0 aromatic heterocycles. The van der Waals surface area contributed by atoms with E-state index >= 15 is 0 Å². The van der Waals surface area contributed by atoms with Crippen LogP contribution in [0.4, 0.5) is 0 Å². The van der Waals surface area contributed by atoms with Crippen LogP contribution in [0.25, 0.3) is 6.08 Å². The molecule has 1 aliphatic rings. The van der Waals surface area contributed by atoms with Crippen LogP contribution < -0.4 is 0 Å². The summed E-state index contributed by atoms with van der Waals surface area (Å²) in [5.74, 6) is -0.481. The van der Waals surface area contributed by atoms with Crippen LogP contribution in [0.15, 0.2) is 35.3 Å². The maximum atomic E-state index is 10.6. The van der Waals surface area contributed by atoms with Crippen molar-refractivity contribution in [3.8, 4) is 5.75 Å². The molecule has 88 valence electrons. The highest BCUT2D eigenvalue weighted by atomic mass is 16.5. The van der Waals surface area contributed by atoms with Gasteiger partial charge in [0.2, 0.25) is 5.90 Å². The van der Waals surface area contributed by atoms with Gasteiger partial charge >= 0.3 is 5.97 Å². The van der Waals surface area contributed by atoms with Crippen LogP contribution in [0, 0.1) is 0 Å². The van der Waals surface area contributed by atoms with E-state index in [1.54, 1.807) is 36.4 Å². The monoisotopic (exact) mass is 233 g/mol. The van der Waals surface area contributed by atoms with Gasteiger partial charge in [-0.05, 0) is 23.8 Å². The molecule has 2 rings (SSSR count). The molecule has 0 spiro atoms. The average Bonchev–Trinajstić information content (AvgIpc) is 2.77. The zero-order valence-electron chi connectivity index (χ0n) is 8.91. The second-order valence-corrected chi connectivity index (χ2v) is 3.56. The van der Waals surface area contributed by atoms with Gasteiger partial charge in [0.15, 0.2) is 6.04 Å². The number of benzene rings is 1. The molecule has 0 saturated carbocycles. The van der Waals surface area contributed by atoms with Gasteiger partial charge in [-0.25, -0.2) is 9.79 Å². The molecule has 1 aromatic rings. The molecule has 0 amide bonds. The SMILES string of the molecule is O=C(O)[C@@H]1COC(/C=C/c2ccc(O)cc2)=N1. The lowest BCUT2D eigenvalue weighted by atomic mass is 10.2. The van der Waals surface area contributed by atoms with Gasteiger partial charge in [-0.1, -0.05) is 12.1 Å². The van der Waals surface area contributed by atoms with Crippen molar-refractivity contribution in [3.05, 3.63) is 35.9 Å². The minimum Gasteiger partial charge on any atom is -0.508 e. The molecule has 1 aromatic carbocycles. The number of aliphatic carboxylic acids is 1. The first-order valence-corrected chi connectivity index (χ1v) is 5.05. The number of phenols is 1. The molecule has 1 atom stereocenters. The third-order valence-electron chi connectivity index (χ3n) is 2.27. The number of rotatable bonds is 3. The standard InChI is InChI=1S/C12H11NO4/c14-9-4-1-8(2-5-9)3-6-11-13-10(7-17-11)12(15)16/h1-6,10,14H,7H2,(H,15,16)/b6-3+/t10-/m0/s1. The molecular weight excluding hydrogens is 222 g/mol. The summed E-state index contributed by atoms with van der Waals surface area (Å²) in [7, 11) is 0. The Morgan fingerprint density at radius 3 is 2.65 bits per heavy atom. The number of carboxylic acid groups (broad SMARTS) is 1. The first-order chi connectivity index (χ1) is 8.15. The lowest BCUT2D eigenvalue weighted by Crippen LogP contribution is -2.18. The van der Waals surface area contributed by atoms with Crippen LogP contribution in [-0.4, -0.2) is 34.7 Å². The summed E-state index contributed by atoms with van der Waals surface area (Å²) in [4.78, 5) is 14.5. The van der Waals surface area contributed by atoms with Crippen molar-refractivity contribution < 1.29 is 19.7 Å². The normalized spacial score (nSPS) is 19.1. The van der Waals surface area contributed by atoms with Gasteiger partial charge in [-0.3, -0.25) is 0 Å². The summed E-state index contributed by atoms with van der Waals surface area (Å²) in [5, 5.41) is 17.8. The fraction of sp³-hybridized carbons (Fsp3) is 0.167. The van der Waals surface area contributed by atoms with Crippen molar-refractivity contribution in [1.29, 1.82) is 0 Å². The predicted octanol–water partition coefficient (Wildman–Crippen LogP) is 1.29. The van der Waals surface area contributed by atoms with E-state index < -0.39 is 12.0 Å². The molecule has 0 aliphatic carbocycles. The van der Waals surface area contributed by atoms with Crippen molar-refractivity contribution in [1.82, 2.24) is 0 Å². The maximum absolute atomic E-state index is 10.6. The Labute approximate surface area is 97.7 Å². The Balaban J connectivity index is 2.04. The second-order valence-electron chi connectivity index (χ2n) is 3.56. The summed E-state index contributed by atoms with van der Waals surface area (Å²) < 4.78 is 5.11. The van der Waals surface area contributed by atoms with Crippen LogP contribution >= 0.6 is 0 Å². The van der Waals surface area contributed by atoms with E-state index in [2.05, 4.69) is 4.99 Å². The third-order valence-corrected chi connectivity index (χ3v) is 2.27. The molecule has 1 aliphatic heterocycles. The molecule has 0 bridgehead atoms. The number of ether oxygens (including phenoxy) is 1. The number of aromatic hydroxyl groups is 1. The van der Waals surface area contributed by atoms with E-state index in [1.165, 1.54) is 0 Å². The summed E-state index contributed by atoms with van der Waals surface area (Å²) in [5.41, 5.74) is 0.868. The van der Waals surface area contributed by atoms with Gasteiger partial charge in [-0.15, -0.1) is 0 Å². The van der Waals surface area contributed by atoms with E-state index in [1.807, 2.05) is 0 Å². The van der Waals surface area contributed by atoms with Gasteiger partial charge in [-0.2, -0.15) is 0 Å². The highest BCUT2D eigenvalue weighted by Gasteiger charge is 2.23. The lowest BCUT2D eigenvalue weighted by Gasteiger charge is -1.95. The van der Waals surface area contributed by atoms with Crippen LogP contribution in [0.5, 0.6) is 5.75 Å². The summed E-state index contributed by atoms with van der Waals surface area (Å²) in [6, 6.07) is 5.79. The lowest BCUT2D eigenvalue weighted by molar-refractivity contribution is -0.138. The molecule has 0 radical (unpaired) electrons. The van der Waals surface area contributed by atoms with Gasteiger partial charge in [0.25, 0.3) is 0 Å². The topological polar surface area (TPSA) is 79.1 Å². The van der Waals surface area contributed by atoms with Crippen molar-refractivity contribution >= 4 is 17.9 Å². The van der Waals surface area contributed by atoms with E-state index in [0.717, 1.165) is 5.56 Å². The van der Waals surface area contributed by atoms with Crippen LogP contribution in [0.2, 0.25) is 0 Å². The molecule has 2 N–H and O–H groups in total. The number of hydrogen-bond acceptors (Lipinski definition) is 4. The second kappa shape index (κ2) is 4.69. The number of carbonyl (C=O) groups is 1. The van der Waals surface area contributed by atoms with E-state index in [0.29, 0.717) is 5.90 Å². The number of hydrogen-bond donors (Lipinski definition) is 2. The Morgan fingerprint density at radius 1 is 1.35 bits per heavy atom. The van der Waals surface area contributed by atoms with Gasteiger partial charge in [0.1, 0.15) is 12.4 Å². The first kappa shape index (κ1) is 11.2. The molecule has 0 saturated heterocycles. The third kappa shape index (κ3) is 2.84. The highest BCUT2D eigenvalue weighted by Crippen LogP contribution is 2.12. The zero-order valence-corrected chi connectivity index (χ0v) is 8.91. The van der Waals surface area contributed by atoms with Crippen LogP contribution in [-0.2, 0) is 9.53 Å². The highest BCUT2D eigenvalue weighted by molar-refractivity contribution is 5.95. The van der Waals surface area contributed by atoms with E-state index in [4.69, 9.17) is 14.9 Å². The van der Waals surface area contributed by atoms with Crippen LogP contribution in [0.1, 0.15) is 5.56 Å². The summed E-state index contributed by atoms with van der Waals surface area (Å²) in [6.45, 7) is 0.0740. The van der Waals surface area contributed by atoms with Crippen molar-refractivity contribution in [2.75, 3.05) is 6.61 Å². The Morgan fingerprint density at radius 2 is 2.06 bits per heavy atom. The van der Waals surface area contributed by atoms with Crippen LogP contribution in [0.3, 0.4) is 0 Å². The van der Waals surface area contributed by atoms with Crippen molar-refractivity contribution in [3.63, 3.8) is 0 Å². The number of phenolic OH excluding ortho intramolecular Hbond substituents is 1. The van der Waals surface area contributed by atoms with E-state index in [-0.39, 0.29) is 12.4 Å². The molecule has 17 heavy (non-hydrogen) atoms. The predicted molar refractivity (Wildman–Crippen MR) is 62.0 cm³/mol. The minimum atomic E-state index is -0.988. The molecule has 0 unspecified atom stereocenters. The zero-order chi connectivity index (χ0) is 12.3. The fourth-order valence-corrected chi connectivity index (χ4v) is 1.36. The maximum Gasteiger partial charge on any atom is 0.332 e. The molecule has 0 fully saturated rings. The number of carboxylic acids is 1. The smallest absolute Gasteiger partial charge is 0.332 e.